The first-order chi connectivity index (χ1) is 12.7. The number of halogens is 1. The number of likely N-dealkylation sites (tertiary alicyclic amines) is 1. The molecule has 154 valence electrons. The Labute approximate surface area is 179 Å². The van der Waals surface area contributed by atoms with Gasteiger partial charge in [0.05, 0.1) is 6.54 Å². The van der Waals surface area contributed by atoms with Crippen molar-refractivity contribution in [1.82, 2.24) is 30.3 Å². The van der Waals surface area contributed by atoms with Gasteiger partial charge in [-0.25, -0.2) is 9.67 Å². The number of nitrogens with one attached hydrogen (secondary N) is 2. The molecule has 2 atom stereocenters. The summed E-state index contributed by atoms with van der Waals surface area (Å²) in [6.45, 7) is 6.95. The van der Waals surface area contributed by atoms with Gasteiger partial charge in [-0.15, -0.1) is 24.0 Å². The maximum absolute atomic E-state index is 5.13. The van der Waals surface area contributed by atoms with Crippen LogP contribution in [0.5, 0.6) is 0 Å². The van der Waals surface area contributed by atoms with Crippen molar-refractivity contribution in [3.05, 3.63) is 11.6 Å². The molecule has 1 aromatic heterocycles. The standard InChI is InChI=1S/C18H33N7O.HI/c1-4-15(24-9-5-6-10-24)11-20-18(19-2)21-14-7-8-17-22-16(13-26-3)23-25(17)12-14;/h14-15H,4-13H2,1-3H3,(H2,19,20,21);1H. The van der Waals surface area contributed by atoms with Gasteiger partial charge in [-0.2, -0.15) is 5.10 Å². The summed E-state index contributed by atoms with van der Waals surface area (Å²) in [6, 6.07) is 0.901. The SMILES string of the molecule is CCC(CNC(=NC)NC1CCc2nc(COC)nn2C1)N1CCCC1.I. The van der Waals surface area contributed by atoms with Gasteiger partial charge < -0.3 is 15.4 Å². The average Bonchev–Trinajstić information content (AvgIpc) is 3.30. The van der Waals surface area contributed by atoms with Gasteiger partial charge in [-0.05, 0) is 38.8 Å². The molecule has 9 heteroatoms. The predicted octanol–water partition coefficient (Wildman–Crippen LogP) is 1.40. The van der Waals surface area contributed by atoms with Gasteiger partial charge >= 0.3 is 0 Å². The minimum atomic E-state index is 0. The molecule has 0 bridgehead atoms. The van der Waals surface area contributed by atoms with Crippen molar-refractivity contribution in [2.75, 3.05) is 33.8 Å². The largest absolute Gasteiger partial charge is 0.377 e. The molecule has 2 unspecified atom stereocenters. The van der Waals surface area contributed by atoms with Gasteiger partial charge in [-0.3, -0.25) is 9.89 Å². The lowest BCUT2D eigenvalue weighted by Gasteiger charge is -2.29. The molecule has 3 heterocycles. The molecule has 0 radical (unpaired) electrons. The van der Waals surface area contributed by atoms with Crippen molar-refractivity contribution in [1.29, 1.82) is 0 Å². The Bertz CT molecular complexity index is 601. The number of ether oxygens (including phenoxy) is 1. The van der Waals surface area contributed by atoms with Crippen LogP contribution in [0.4, 0.5) is 0 Å². The van der Waals surface area contributed by atoms with Gasteiger partial charge in [0.2, 0.25) is 0 Å². The summed E-state index contributed by atoms with van der Waals surface area (Å²) in [6.07, 6.45) is 5.79. The minimum absolute atomic E-state index is 0. The van der Waals surface area contributed by atoms with Crippen molar-refractivity contribution < 1.29 is 4.74 Å². The molecule has 1 saturated heterocycles. The molecule has 1 fully saturated rings. The van der Waals surface area contributed by atoms with Crippen molar-refractivity contribution in [2.24, 2.45) is 4.99 Å². The zero-order chi connectivity index (χ0) is 18.4. The Hall–Kier alpha value is -0.940. The normalized spacial score (nSPS) is 21.4. The van der Waals surface area contributed by atoms with E-state index in [4.69, 9.17) is 4.74 Å². The first-order valence-corrected chi connectivity index (χ1v) is 9.86. The van der Waals surface area contributed by atoms with Crippen LogP contribution in [0.2, 0.25) is 0 Å². The zero-order valence-corrected chi connectivity index (χ0v) is 19.1. The molecule has 0 aromatic carbocycles. The third kappa shape index (κ3) is 6.02. The highest BCUT2D eigenvalue weighted by molar-refractivity contribution is 14.0. The van der Waals surface area contributed by atoms with Crippen LogP contribution in [0.25, 0.3) is 0 Å². The zero-order valence-electron chi connectivity index (χ0n) is 16.8. The molecule has 2 aliphatic heterocycles. The average molecular weight is 491 g/mol. The van der Waals surface area contributed by atoms with E-state index in [-0.39, 0.29) is 24.0 Å². The van der Waals surface area contributed by atoms with E-state index in [1.165, 1.54) is 25.9 Å². The molecule has 0 aliphatic carbocycles. The Morgan fingerprint density at radius 2 is 2.15 bits per heavy atom. The Balaban J connectivity index is 0.00000261. The van der Waals surface area contributed by atoms with Crippen LogP contribution in [0.1, 0.15) is 44.3 Å². The van der Waals surface area contributed by atoms with Gasteiger partial charge in [0, 0.05) is 39.2 Å². The fourth-order valence-corrected chi connectivity index (χ4v) is 3.91. The van der Waals surface area contributed by atoms with Crippen molar-refractivity contribution in [2.45, 2.75) is 64.3 Å². The number of aliphatic imine (C=N–C) groups is 1. The van der Waals surface area contributed by atoms with E-state index in [2.05, 4.69) is 37.5 Å². The Kier molecular flexibility index (Phi) is 9.24. The van der Waals surface area contributed by atoms with Crippen LogP contribution in [0.3, 0.4) is 0 Å². The molecule has 0 saturated carbocycles. The van der Waals surface area contributed by atoms with Crippen molar-refractivity contribution in [3.63, 3.8) is 0 Å². The summed E-state index contributed by atoms with van der Waals surface area (Å²) in [5.41, 5.74) is 0. The molecule has 2 aliphatic rings. The fourth-order valence-electron chi connectivity index (χ4n) is 3.91. The van der Waals surface area contributed by atoms with Gasteiger partial charge in [0.1, 0.15) is 12.4 Å². The highest BCUT2D eigenvalue weighted by atomic mass is 127. The number of methoxy groups -OCH3 is 1. The van der Waals surface area contributed by atoms with E-state index in [1.54, 1.807) is 7.11 Å². The van der Waals surface area contributed by atoms with Crippen LogP contribution >= 0.6 is 24.0 Å². The molecule has 0 amide bonds. The quantitative estimate of drug-likeness (QED) is 0.341. The highest BCUT2D eigenvalue weighted by Gasteiger charge is 2.24. The number of aromatic nitrogens is 3. The summed E-state index contributed by atoms with van der Waals surface area (Å²) < 4.78 is 7.14. The van der Waals surface area contributed by atoms with Crippen molar-refractivity contribution in [3.8, 4) is 0 Å². The smallest absolute Gasteiger partial charge is 0.191 e. The number of guanidine groups is 1. The third-order valence-corrected chi connectivity index (χ3v) is 5.37. The van der Waals surface area contributed by atoms with Crippen molar-refractivity contribution >= 4 is 29.9 Å². The third-order valence-electron chi connectivity index (χ3n) is 5.37. The van der Waals surface area contributed by atoms with Gasteiger partial charge in [-0.1, -0.05) is 6.92 Å². The number of rotatable bonds is 7. The van der Waals surface area contributed by atoms with Crippen LogP contribution in [0.15, 0.2) is 4.99 Å². The number of nitrogens with zero attached hydrogens (tertiary/aromatic N) is 5. The summed E-state index contributed by atoms with van der Waals surface area (Å²) in [7, 11) is 3.51. The van der Waals surface area contributed by atoms with Crippen LogP contribution in [-0.2, 0) is 24.3 Å². The van der Waals surface area contributed by atoms with Gasteiger partial charge in [0.15, 0.2) is 11.8 Å². The van der Waals surface area contributed by atoms with E-state index < -0.39 is 0 Å². The number of fused-ring (bicyclic) bond motifs is 1. The summed E-state index contributed by atoms with van der Waals surface area (Å²) in [4.78, 5) is 11.6. The second kappa shape index (κ2) is 11.2. The molecule has 8 nitrogen and oxygen atoms in total. The number of hydrogen-bond donors (Lipinski definition) is 2. The molecule has 2 N–H and O–H groups in total. The molecular weight excluding hydrogens is 457 g/mol. The second-order valence-electron chi connectivity index (χ2n) is 7.20. The lowest BCUT2D eigenvalue weighted by atomic mass is 10.1. The molecule has 27 heavy (non-hydrogen) atoms. The van der Waals surface area contributed by atoms with E-state index in [0.717, 1.165) is 50.0 Å². The van der Waals surface area contributed by atoms with Crippen LogP contribution < -0.4 is 10.6 Å². The predicted molar refractivity (Wildman–Crippen MR) is 118 cm³/mol. The summed E-state index contributed by atoms with van der Waals surface area (Å²) >= 11 is 0. The number of hydrogen-bond acceptors (Lipinski definition) is 5. The van der Waals surface area contributed by atoms with E-state index in [0.29, 0.717) is 18.7 Å². The number of aryl methyl sites for hydroxylation is 1. The molecular formula is C18H34IN7O. The molecule has 0 spiro atoms. The Morgan fingerprint density at radius 1 is 1.37 bits per heavy atom. The highest BCUT2D eigenvalue weighted by Crippen LogP contribution is 2.15. The maximum Gasteiger partial charge on any atom is 0.191 e. The monoisotopic (exact) mass is 491 g/mol. The lowest BCUT2D eigenvalue weighted by Crippen LogP contribution is -2.50. The van der Waals surface area contributed by atoms with E-state index >= 15 is 0 Å². The van der Waals surface area contributed by atoms with Gasteiger partial charge in [0.25, 0.3) is 0 Å². The summed E-state index contributed by atoms with van der Waals surface area (Å²) in [5, 5.41) is 11.6. The van der Waals surface area contributed by atoms with Crippen LogP contribution in [-0.4, -0.2) is 71.5 Å². The van der Waals surface area contributed by atoms with E-state index in [9.17, 15) is 0 Å². The first-order valence-electron chi connectivity index (χ1n) is 9.86. The molecule has 3 rings (SSSR count). The summed E-state index contributed by atoms with van der Waals surface area (Å²) in [5.74, 6) is 2.70. The first kappa shape index (κ1) is 22.4. The minimum Gasteiger partial charge on any atom is -0.377 e. The van der Waals surface area contributed by atoms with E-state index in [1.807, 2.05) is 11.7 Å². The molecule has 1 aromatic rings. The lowest BCUT2D eigenvalue weighted by molar-refractivity contribution is 0.177. The topological polar surface area (TPSA) is 79.6 Å². The second-order valence-corrected chi connectivity index (χ2v) is 7.20. The Morgan fingerprint density at radius 3 is 2.81 bits per heavy atom. The van der Waals surface area contributed by atoms with Crippen LogP contribution in [0, 0.1) is 0 Å². The maximum atomic E-state index is 5.13. The fraction of sp³-hybridized carbons (Fsp3) is 0.833.